The monoisotopic (exact) mass is 281 g/mol. The predicted molar refractivity (Wildman–Crippen MR) is 81.9 cm³/mol. The maximum Gasteiger partial charge on any atom is 0.161 e. The van der Waals surface area contributed by atoms with Crippen LogP contribution in [0.2, 0.25) is 0 Å². The topological polar surface area (TPSA) is 44.5 Å². The summed E-state index contributed by atoms with van der Waals surface area (Å²) in [7, 11) is 0. The Bertz CT molecular complexity index is 668. The van der Waals surface area contributed by atoms with E-state index in [1.54, 1.807) is 0 Å². The molecule has 0 saturated heterocycles. The van der Waals surface area contributed by atoms with Crippen LogP contribution in [0.15, 0.2) is 42.5 Å². The first-order valence-electron chi connectivity index (χ1n) is 7.54. The Morgan fingerprint density at radius 1 is 1.05 bits per heavy atom. The summed E-state index contributed by atoms with van der Waals surface area (Å²) in [5.41, 5.74) is 10.5. The van der Waals surface area contributed by atoms with Crippen LogP contribution in [0, 0.1) is 0 Å². The summed E-state index contributed by atoms with van der Waals surface area (Å²) < 4.78 is 11.2. The molecule has 2 aromatic carbocycles. The summed E-state index contributed by atoms with van der Waals surface area (Å²) in [6, 6.07) is 14.8. The molecule has 2 unspecified atom stereocenters. The van der Waals surface area contributed by atoms with Gasteiger partial charge in [0.1, 0.15) is 13.2 Å². The van der Waals surface area contributed by atoms with Crippen LogP contribution in [0.3, 0.4) is 0 Å². The molecule has 2 aromatic rings. The lowest BCUT2D eigenvalue weighted by atomic mass is 9.74. The normalized spacial score (nSPS) is 20.3. The summed E-state index contributed by atoms with van der Waals surface area (Å²) in [6.07, 6.45) is 2.13. The molecule has 0 amide bonds. The van der Waals surface area contributed by atoms with Crippen molar-refractivity contribution in [3.63, 3.8) is 0 Å². The van der Waals surface area contributed by atoms with Crippen LogP contribution in [-0.4, -0.2) is 13.2 Å². The van der Waals surface area contributed by atoms with Gasteiger partial charge in [0, 0.05) is 6.04 Å². The highest BCUT2D eigenvalue weighted by atomic mass is 16.6. The zero-order valence-corrected chi connectivity index (χ0v) is 11.9. The third kappa shape index (κ3) is 2.28. The molecule has 0 fully saturated rings. The summed E-state index contributed by atoms with van der Waals surface area (Å²) in [6.45, 7) is 1.24. The predicted octanol–water partition coefficient (Wildman–Crippen LogP) is 3.19. The molecule has 1 aliphatic heterocycles. The Kier molecular flexibility index (Phi) is 3.08. The van der Waals surface area contributed by atoms with Gasteiger partial charge in [0.25, 0.3) is 0 Å². The van der Waals surface area contributed by atoms with Crippen molar-refractivity contribution in [1.29, 1.82) is 0 Å². The van der Waals surface area contributed by atoms with Crippen LogP contribution in [0.25, 0.3) is 0 Å². The minimum atomic E-state index is 0.0409. The zero-order valence-electron chi connectivity index (χ0n) is 11.9. The van der Waals surface area contributed by atoms with Gasteiger partial charge in [-0.2, -0.15) is 0 Å². The fourth-order valence-electron chi connectivity index (χ4n) is 3.31. The molecular formula is C18H19NO2. The van der Waals surface area contributed by atoms with E-state index in [1.165, 1.54) is 11.1 Å². The number of nitrogens with two attached hydrogens (primary N) is 1. The SMILES string of the molecule is NC(CC1Cc2ccccc21)c1ccc2c(c1)OCCO2. The van der Waals surface area contributed by atoms with Gasteiger partial charge in [0.15, 0.2) is 11.5 Å². The molecule has 0 spiro atoms. The van der Waals surface area contributed by atoms with Gasteiger partial charge in [-0.3, -0.25) is 0 Å². The van der Waals surface area contributed by atoms with Crippen LogP contribution in [0.4, 0.5) is 0 Å². The summed E-state index contributed by atoms with van der Waals surface area (Å²) >= 11 is 0. The molecule has 3 nitrogen and oxygen atoms in total. The van der Waals surface area contributed by atoms with Crippen molar-refractivity contribution in [3.05, 3.63) is 59.2 Å². The van der Waals surface area contributed by atoms with Crippen molar-refractivity contribution >= 4 is 0 Å². The van der Waals surface area contributed by atoms with Crippen LogP contribution >= 0.6 is 0 Å². The molecule has 4 rings (SSSR count). The highest BCUT2D eigenvalue weighted by Crippen LogP contribution is 2.41. The highest BCUT2D eigenvalue weighted by molar-refractivity contribution is 5.45. The van der Waals surface area contributed by atoms with Crippen molar-refractivity contribution in [2.45, 2.75) is 24.8 Å². The van der Waals surface area contributed by atoms with E-state index >= 15 is 0 Å². The second-order valence-electron chi connectivity index (χ2n) is 5.85. The third-order valence-electron chi connectivity index (χ3n) is 4.49. The standard InChI is InChI=1S/C18H19NO2/c19-16(10-14-9-12-3-1-2-4-15(12)14)13-5-6-17-18(11-13)21-8-7-20-17/h1-6,11,14,16H,7-10,19H2. The fourth-order valence-corrected chi connectivity index (χ4v) is 3.31. The van der Waals surface area contributed by atoms with E-state index in [0.29, 0.717) is 19.1 Å². The van der Waals surface area contributed by atoms with Gasteiger partial charge in [-0.05, 0) is 47.6 Å². The Morgan fingerprint density at radius 2 is 1.86 bits per heavy atom. The molecule has 0 radical (unpaired) electrons. The second kappa shape index (κ2) is 5.08. The Labute approximate surface area is 124 Å². The Morgan fingerprint density at radius 3 is 2.71 bits per heavy atom. The summed E-state index contributed by atoms with van der Waals surface area (Å²) in [4.78, 5) is 0. The van der Waals surface area contributed by atoms with E-state index in [9.17, 15) is 0 Å². The van der Waals surface area contributed by atoms with Crippen molar-refractivity contribution in [2.24, 2.45) is 5.73 Å². The number of ether oxygens (including phenoxy) is 2. The van der Waals surface area contributed by atoms with E-state index in [4.69, 9.17) is 15.2 Å². The van der Waals surface area contributed by atoms with Crippen LogP contribution in [0.1, 0.15) is 35.1 Å². The van der Waals surface area contributed by atoms with Crippen LogP contribution in [-0.2, 0) is 6.42 Å². The van der Waals surface area contributed by atoms with E-state index in [2.05, 4.69) is 30.3 Å². The lowest BCUT2D eigenvalue weighted by Gasteiger charge is -2.32. The van der Waals surface area contributed by atoms with Gasteiger partial charge in [-0.25, -0.2) is 0 Å². The smallest absolute Gasteiger partial charge is 0.161 e. The average Bonchev–Trinajstić information content (AvgIpc) is 2.52. The van der Waals surface area contributed by atoms with Crippen LogP contribution in [0.5, 0.6) is 11.5 Å². The van der Waals surface area contributed by atoms with Gasteiger partial charge in [-0.15, -0.1) is 0 Å². The molecule has 0 saturated carbocycles. The highest BCUT2D eigenvalue weighted by Gasteiger charge is 2.27. The van der Waals surface area contributed by atoms with Crippen LogP contribution < -0.4 is 15.2 Å². The summed E-state index contributed by atoms with van der Waals surface area (Å²) in [5.74, 6) is 2.24. The fraction of sp³-hybridized carbons (Fsp3) is 0.333. The van der Waals surface area contributed by atoms with Gasteiger partial charge >= 0.3 is 0 Å². The zero-order chi connectivity index (χ0) is 14.2. The van der Waals surface area contributed by atoms with Crippen molar-refractivity contribution < 1.29 is 9.47 Å². The second-order valence-corrected chi connectivity index (χ2v) is 5.85. The third-order valence-corrected chi connectivity index (χ3v) is 4.49. The van der Waals surface area contributed by atoms with Crippen molar-refractivity contribution in [1.82, 2.24) is 0 Å². The Hall–Kier alpha value is -2.00. The largest absolute Gasteiger partial charge is 0.486 e. The van der Waals surface area contributed by atoms with Gasteiger partial charge in [0.2, 0.25) is 0 Å². The van der Waals surface area contributed by atoms with E-state index < -0.39 is 0 Å². The number of hydrogen-bond acceptors (Lipinski definition) is 3. The van der Waals surface area contributed by atoms with Gasteiger partial charge in [0.05, 0.1) is 0 Å². The molecular weight excluding hydrogens is 262 g/mol. The van der Waals surface area contributed by atoms with E-state index in [1.807, 2.05) is 12.1 Å². The van der Waals surface area contributed by atoms with E-state index in [0.717, 1.165) is 29.9 Å². The molecule has 1 aliphatic carbocycles. The first-order chi connectivity index (χ1) is 10.3. The molecule has 2 N–H and O–H groups in total. The molecule has 2 atom stereocenters. The minimum Gasteiger partial charge on any atom is -0.486 e. The quantitative estimate of drug-likeness (QED) is 0.939. The Balaban J connectivity index is 1.50. The lowest BCUT2D eigenvalue weighted by molar-refractivity contribution is 0.171. The van der Waals surface area contributed by atoms with Crippen molar-refractivity contribution in [2.75, 3.05) is 13.2 Å². The minimum absolute atomic E-state index is 0.0409. The molecule has 108 valence electrons. The van der Waals surface area contributed by atoms with E-state index in [-0.39, 0.29) is 6.04 Å². The first kappa shape index (κ1) is 12.7. The summed E-state index contributed by atoms with van der Waals surface area (Å²) in [5, 5.41) is 0. The maximum absolute atomic E-state index is 6.40. The molecule has 1 heterocycles. The average molecular weight is 281 g/mol. The molecule has 21 heavy (non-hydrogen) atoms. The maximum atomic E-state index is 6.40. The molecule has 2 aliphatic rings. The van der Waals surface area contributed by atoms with Gasteiger partial charge in [-0.1, -0.05) is 30.3 Å². The number of rotatable bonds is 3. The first-order valence-corrected chi connectivity index (χ1v) is 7.54. The lowest BCUT2D eigenvalue weighted by Crippen LogP contribution is -2.23. The van der Waals surface area contributed by atoms with Gasteiger partial charge < -0.3 is 15.2 Å². The molecule has 0 bridgehead atoms. The molecule has 3 heteroatoms. The number of hydrogen-bond donors (Lipinski definition) is 1. The molecule has 0 aromatic heterocycles. The van der Waals surface area contributed by atoms with Crippen molar-refractivity contribution in [3.8, 4) is 11.5 Å². The number of fused-ring (bicyclic) bond motifs is 2. The number of benzene rings is 2.